The summed E-state index contributed by atoms with van der Waals surface area (Å²) in [4.78, 5) is 23.5. The van der Waals surface area contributed by atoms with Crippen molar-refractivity contribution in [1.82, 2.24) is 15.5 Å². The zero-order chi connectivity index (χ0) is 12.6. The van der Waals surface area contributed by atoms with Crippen LogP contribution in [-0.4, -0.2) is 63.3 Å². The zero-order valence-corrected chi connectivity index (χ0v) is 10.6. The third-order valence-electron chi connectivity index (χ3n) is 2.85. The Bertz CT molecular complexity index is 211. The second-order valence-corrected chi connectivity index (χ2v) is 4.05. The van der Waals surface area contributed by atoms with E-state index in [1.54, 1.807) is 7.05 Å². The number of hydrogen-bond donors (Lipinski definition) is 2. The van der Waals surface area contributed by atoms with Gasteiger partial charge in [0.1, 0.15) is 12.6 Å². The zero-order valence-electron chi connectivity index (χ0n) is 10.6. The van der Waals surface area contributed by atoms with E-state index in [1.807, 2.05) is 19.0 Å². The fourth-order valence-electron chi connectivity index (χ4n) is 1.71. The Kier molecular flexibility index (Phi) is 7.97. The smallest absolute Gasteiger partial charge is 0.138 e. The van der Waals surface area contributed by atoms with Crippen LogP contribution >= 0.6 is 0 Å². The van der Waals surface area contributed by atoms with Gasteiger partial charge in [-0.3, -0.25) is 4.90 Å². The van der Waals surface area contributed by atoms with Gasteiger partial charge in [0.2, 0.25) is 0 Å². The first-order valence-electron chi connectivity index (χ1n) is 5.54. The summed E-state index contributed by atoms with van der Waals surface area (Å²) in [7, 11) is 5.55. The minimum absolute atomic E-state index is 0.0872. The van der Waals surface area contributed by atoms with Gasteiger partial charge in [-0.15, -0.1) is 0 Å². The van der Waals surface area contributed by atoms with E-state index in [-0.39, 0.29) is 12.1 Å². The van der Waals surface area contributed by atoms with Gasteiger partial charge in [-0.05, 0) is 28.1 Å². The van der Waals surface area contributed by atoms with Crippen LogP contribution in [0.2, 0.25) is 0 Å². The number of nitrogens with one attached hydrogen (secondary N) is 2. The maximum atomic E-state index is 10.9. The minimum atomic E-state index is -0.306. The van der Waals surface area contributed by atoms with Gasteiger partial charge < -0.3 is 20.2 Å². The van der Waals surface area contributed by atoms with Gasteiger partial charge in [0.05, 0.1) is 6.04 Å². The van der Waals surface area contributed by atoms with Crippen molar-refractivity contribution >= 4 is 12.6 Å². The van der Waals surface area contributed by atoms with Crippen molar-refractivity contribution < 1.29 is 9.59 Å². The third-order valence-corrected chi connectivity index (χ3v) is 2.85. The van der Waals surface area contributed by atoms with Gasteiger partial charge in [-0.2, -0.15) is 0 Å². The molecule has 0 aromatic carbocycles. The largest absolute Gasteiger partial charge is 0.316 e. The van der Waals surface area contributed by atoms with Crippen LogP contribution in [0.1, 0.15) is 13.3 Å². The lowest BCUT2D eigenvalue weighted by atomic mass is 10.0. The first kappa shape index (κ1) is 15.2. The van der Waals surface area contributed by atoms with E-state index in [0.29, 0.717) is 12.5 Å². The minimum Gasteiger partial charge on any atom is -0.316 e. The van der Waals surface area contributed by atoms with E-state index in [0.717, 1.165) is 19.1 Å². The Labute approximate surface area is 97.6 Å². The first-order chi connectivity index (χ1) is 7.60. The lowest BCUT2D eigenvalue weighted by Gasteiger charge is -2.32. The molecule has 0 heterocycles. The van der Waals surface area contributed by atoms with Gasteiger partial charge in [0.25, 0.3) is 0 Å². The van der Waals surface area contributed by atoms with Gasteiger partial charge in [0.15, 0.2) is 0 Å². The summed E-state index contributed by atoms with van der Waals surface area (Å²) < 4.78 is 0. The Morgan fingerprint density at radius 2 is 1.88 bits per heavy atom. The standard InChI is InChI=1S/C11H23N3O2/c1-9(12-2)7-14(4)11(5-6-15)10(8-16)13-3/h6,8-13H,5,7H2,1-4H3. The Balaban J connectivity index is 4.48. The predicted octanol–water partition coefficient (Wildman–Crippen LogP) is -0.729. The van der Waals surface area contributed by atoms with Crippen molar-refractivity contribution in [3.8, 4) is 0 Å². The lowest BCUT2D eigenvalue weighted by molar-refractivity contribution is -0.112. The number of carbonyl (C=O) groups excluding carboxylic acids is 2. The van der Waals surface area contributed by atoms with Gasteiger partial charge in [-0.1, -0.05) is 0 Å². The summed E-state index contributed by atoms with van der Waals surface area (Å²) in [6, 6.07) is -0.0710. The molecule has 0 bridgehead atoms. The number of carbonyl (C=O) groups is 2. The third kappa shape index (κ3) is 4.83. The number of rotatable bonds is 9. The molecule has 0 saturated carbocycles. The maximum absolute atomic E-state index is 10.9. The Hall–Kier alpha value is -0.780. The molecular formula is C11H23N3O2. The molecule has 16 heavy (non-hydrogen) atoms. The van der Waals surface area contributed by atoms with Crippen molar-refractivity contribution in [3.05, 3.63) is 0 Å². The molecule has 0 rings (SSSR count). The Morgan fingerprint density at radius 1 is 1.25 bits per heavy atom. The average molecular weight is 229 g/mol. The lowest BCUT2D eigenvalue weighted by Crippen LogP contribution is -2.51. The van der Waals surface area contributed by atoms with Gasteiger partial charge in [-0.25, -0.2) is 0 Å². The van der Waals surface area contributed by atoms with Crippen LogP contribution in [0.5, 0.6) is 0 Å². The van der Waals surface area contributed by atoms with E-state index in [9.17, 15) is 9.59 Å². The van der Waals surface area contributed by atoms with E-state index >= 15 is 0 Å². The molecule has 0 amide bonds. The number of likely N-dealkylation sites (N-methyl/N-ethyl adjacent to an activating group) is 3. The number of hydrogen-bond acceptors (Lipinski definition) is 5. The van der Waals surface area contributed by atoms with E-state index in [1.165, 1.54) is 0 Å². The van der Waals surface area contributed by atoms with E-state index in [2.05, 4.69) is 17.6 Å². The highest BCUT2D eigenvalue weighted by atomic mass is 16.1. The molecule has 5 heteroatoms. The summed E-state index contributed by atoms with van der Waals surface area (Å²) in [6.45, 7) is 2.85. The molecule has 0 saturated heterocycles. The molecule has 0 aromatic rings. The highest BCUT2D eigenvalue weighted by molar-refractivity contribution is 5.61. The highest BCUT2D eigenvalue weighted by Crippen LogP contribution is 2.05. The van der Waals surface area contributed by atoms with Crippen molar-refractivity contribution in [1.29, 1.82) is 0 Å². The van der Waals surface area contributed by atoms with E-state index in [4.69, 9.17) is 0 Å². The van der Waals surface area contributed by atoms with Crippen LogP contribution in [0.25, 0.3) is 0 Å². The summed E-state index contributed by atoms with van der Waals surface area (Å²) in [5.41, 5.74) is 0. The quantitative estimate of drug-likeness (QED) is 0.511. The molecule has 0 aliphatic carbocycles. The topological polar surface area (TPSA) is 61.4 Å². The second kappa shape index (κ2) is 8.38. The molecule has 0 fully saturated rings. The number of aldehydes is 2. The van der Waals surface area contributed by atoms with Crippen LogP contribution in [0, 0.1) is 0 Å². The predicted molar refractivity (Wildman–Crippen MR) is 64.5 cm³/mol. The van der Waals surface area contributed by atoms with Crippen molar-refractivity contribution in [3.63, 3.8) is 0 Å². The van der Waals surface area contributed by atoms with Gasteiger partial charge in [0, 0.05) is 25.0 Å². The highest BCUT2D eigenvalue weighted by Gasteiger charge is 2.24. The number of nitrogens with zero attached hydrogens (tertiary/aromatic N) is 1. The van der Waals surface area contributed by atoms with Crippen molar-refractivity contribution in [2.45, 2.75) is 31.5 Å². The fourth-order valence-corrected chi connectivity index (χ4v) is 1.71. The molecule has 0 aromatic heterocycles. The second-order valence-electron chi connectivity index (χ2n) is 4.05. The Morgan fingerprint density at radius 3 is 2.25 bits per heavy atom. The summed E-state index contributed by atoms with van der Waals surface area (Å²) in [5, 5.41) is 6.05. The SMILES string of the molecule is CNC(C)CN(C)C(CC=O)C(C=O)NC. The fraction of sp³-hybridized carbons (Fsp3) is 0.818. The van der Waals surface area contributed by atoms with Crippen LogP contribution in [0.4, 0.5) is 0 Å². The maximum Gasteiger partial charge on any atom is 0.138 e. The molecule has 0 radical (unpaired) electrons. The summed E-state index contributed by atoms with van der Waals surface area (Å²) in [5.74, 6) is 0. The molecule has 0 spiro atoms. The monoisotopic (exact) mass is 229 g/mol. The molecular weight excluding hydrogens is 206 g/mol. The molecule has 5 nitrogen and oxygen atoms in total. The van der Waals surface area contributed by atoms with Gasteiger partial charge >= 0.3 is 0 Å². The van der Waals surface area contributed by atoms with Crippen molar-refractivity contribution in [2.75, 3.05) is 27.7 Å². The normalized spacial score (nSPS) is 16.8. The molecule has 94 valence electrons. The molecule has 3 unspecified atom stereocenters. The first-order valence-corrected chi connectivity index (χ1v) is 5.54. The molecule has 0 aliphatic heterocycles. The van der Waals surface area contributed by atoms with Crippen LogP contribution < -0.4 is 10.6 Å². The van der Waals surface area contributed by atoms with Crippen LogP contribution in [-0.2, 0) is 9.59 Å². The summed E-state index contributed by atoms with van der Waals surface area (Å²) in [6.07, 6.45) is 2.07. The summed E-state index contributed by atoms with van der Waals surface area (Å²) >= 11 is 0. The molecule has 3 atom stereocenters. The average Bonchev–Trinajstić information content (AvgIpc) is 2.29. The molecule has 2 N–H and O–H groups in total. The van der Waals surface area contributed by atoms with Crippen LogP contribution in [0.15, 0.2) is 0 Å². The van der Waals surface area contributed by atoms with Crippen molar-refractivity contribution in [2.24, 2.45) is 0 Å². The molecule has 0 aliphatic rings. The van der Waals surface area contributed by atoms with Crippen LogP contribution in [0.3, 0.4) is 0 Å². The van der Waals surface area contributed by atoms with E-state index < -0.39 is 0 Å².